The molecule has 208 valence electrons. The minimum atomic E-state index is -4.34. The molecule has 1 amide bonds. The zero-order chi connectivity index (χ0) is 28.5. The predicted molar refractivity (Wildman–Crippen MR) is 148 cm³/mol. The summed E-state index contributed by atoms with van der Waals surface area (Å²) in [6.45, 7) is 11.5. The lowest BCUT2D eigenvalue weighted by Crippen LogP contribution is -2.39. The zero-order valence-electron chi connectivity index (χ0n) is 22.7. The normalized spacial score (nSPS) is 16.9. The van der Waals surface area contributed by atoms with E-state index in [0.29, 0.717) is 18.3 Å². The number of nitrogens with two attached hydrogens (primary N) is 1. The molecule has 0 radical (unpaired) electrons. The van der Waals surface area contributed by atoms with Gasteiger partial charge in [0.05, 0.1) is 17.9 Å². The quantitative estimate of drug-likeness (QED) is 0.411. The Morgan fingerprint density at radius 1 is 1.21 bits per heavy atom. The number of carbonyl (C=O) groups excluding carboxylic acids is 1. The molecule has 3 aromatic rings. The van der Waals surface area contributed by atoms with Crippen LogP contribution in [0.25, 0.3) is 11.3 Å². The number of rotatable bonds is 8. The van der Waals surface area contributed by atoms with Crippen LogP contribution in [0.5, 0.6) is 5.75 Å². The summed E-state index contributed by atoms with van der Waals surface area (Å²) in [5.74, 6) is 0.00851. The van der Waals surface area contributed by atoms with Crippen molar-refractivity contribution < 1.29 is 22.3 Å². The van der Waals surface area contributed by atoms with Crippen LogP contribution in [0.1, 0.15) is 51.4 Å². The van der Waals surface area contributed by atoms with Crippen molar-refractivity contribution in [2.24, 2.45) is 11.8 Å². The second kappa shape index (κ2) is 10.8. The number of ether oxygens (including phenoxy) is 1. The van der Waals surface area contributed by atoms with Gasteiger partial charge >= 0.3 is 0 Å². The van der Waals surface area contributed by atoms with Gasteiger partial charge in [-0.25, -0.2) is 19.1 Å². The first-order valence-electron chi connectivity index (χ1n) is 12.8. The van der Waals surface area contributed by atoms with E-state index in [4.69, 9.17) is 15.5 Å². The van der Waals surface area contributed by atoms with Crippen LogP contribution in [0.2, 0.25) is 0 Å². The fraction of sp³-hybridized carbons (Fsp3) is 0.393. The number of nitrogens with one attached hydrogen (secondary N) is 1. The summed E-state index contributed by atoms with van der Waals surface area (Å²) in [7, 11) is -4.34. The van der Waals surface area contributed by atoms with Crippen molar-refractivity contribution in [3.05, 3.63) is 59.9 Å². The van der Waals surface area contributed by atoms with Gasteiger partial charge in [0.15, 0.2) is 5.03 Å². The summed E-state index contributed by atoms with van der Waals surface area (Å²) in [5, 5.41) is -0.398. The Kier molecular flexibility index (Phi) is 7.83. The molecule has 3 heterocycles. The standard InChI is InChI=1S/C28H34FN5O4S/c1-17(2)16-38-21-12-19(11-20(29)13-21)26-22(9-10-24(32-26)34-15-18(3)14-28(34,4)5)27(35)33-39(36,37)25-8-6-7-23(30)31-25/h6-13,17-18H,14-16H2,1-5H3,(H2,30,31)(H,33,35)/t18-/m1/s1. The van der Waals surface area contributed by atoms with E-state index >= 15 is 0 Å². The Morgan fingerprint density at radius 3 is 2.59 bits per heavy atom. The molecule has 3 N–H and O–H groups in total. The van der Waals surface area contributed by atoms with Crippen molar-refractivity contribution in [3.63, 3.8) is 0 Å². The number of halogens is 1. The van der Waals surface area contributed by atoms with Gasteiger partial charge in [0, 0.05) is 23.7 Å². The van der Waals surface area contributed by atoms with Crippen LogP contribution in [0.15, 0.2) is 53.6 Å². The van der Waals surface area contributed by atoms with Gasteiger partial charge in [0.1, 0.15) is 23.2 Å². The molecule has 1 aliphatic heterocycles. The second-order valence-electron chi connectivity index (χ2n) is 11.0. The number of pyridine rings is 2. The maximum absolute atomic E-state index is 14.7. The maximum Gasteiger partial charge on any atom is 0.281 e. The molecule has 1 fully saturated rings. The van der Waals surface area contributed by atoms with Gasteiger partial charge in [0.25, 0.3) is 15.9 Å². The summed E-state index contributed by atoms with van der Waals surface area (Å²) in [4.78, 5) is 24.1. The number of amides is 1. The summed E-state index contributed by atoms with van der Waals surface area (Å²) in [5.41, 5.74) is 5.80. The van der Waals surface area contributed by atoms with Crippen LogP contribution in [0.3, 0.4) is 0 Å². The number of benzene rings is 1. The molecule has 9 nitrogen and oxygen atoms in total. The molecule has 0 bridgehead atoms. The molecule has 0 spiro atoms. The Hall–Kier alpha value is -3.73. The maximum atomic E-state index is 14.7. The topological polar surface area (TPSA) is 128 Å². The van der Waals surface area contributed by atoms with E-state index in [9.17, 15) is 17.6 Å². The van der Waals surface area contributed by atoms with Crippen molar-refractivity contribution in [3.8, 4) is 17.0 Å². The van der Waals surface area contributed by atoms with Crippen LogP contribution in [-0.4, -0.2) is 43.0 Å². The van der Waals surface area contributed by atoms with Crippen LogP contribution in [0.4, 0.5) is 16.0 Å². The Balaban J connectivity index is 1.80. The Morgan fingerprint density at radius 2 is 1.95 bits per heavy atom. The fourth-order valence-electron chi connectivity index (χ4n) is 4.85. The highest BCUT2D eigenvalue weighted by molar-refractivity contribution is 7.90. The van der Waals surface area contributed by atoms with Crippen molar-refractivity contribution >= 4 is 27.6 Å². The van der Waals surface area contributed by atoms with Crippen molar-refractivity contribution in [1.29, 1.82) is 0 Å². The van der Waals surface area contributed by atoms with Crippen molar-refractivity contribution in [1.82, 2.24) is 14.7 Å². The van der Waals surface area contributed by atoms with E-state index in [0.717, 1.165) is 13.0 Å². The van der Waals surface area contributed by atoms with Gasteiger partial charge in [-0.15, -0.1) is 0 Å². The molecule has 0 saturated carbocycles. The van der Waals surface area contributed by atoms with Crippen LogP contribution >= 0.6 is 0 Å². The minimum absolute atomic E-state index is 0.00632. The van der Waals surface area contributed by atoms with E-state index in [1.807, 2.05) is 18.6 Å². The first kappa shape index (κ1) is 28.3. The smallest absolute Gasteiger partial charge is 0.281 e. The first-order chi connectivity index (χ1) is 18.2. The average molecular weight is 556 g/mol. The van der Waals surface area contributed by atoms with E-state index in [2.05, 4.69) is 30.7 Å². The number of hydrogen-bond acceptors (Lipinski definition) is 8. The Labute approximate surface area is 228 Å². The highest BCUT2D eigenvalue weighted by atomic mass is 32.2. The first-order valence-corrected chi connectivity index (χ1v) is 14.3. The van der Waals surface area contributed by atoms with Gasteiger partial charge in [-0.2, -0.15) is 8.42 Å². The van der Waals surface area contributed by atoms with E-state index in [1.165, 1.54) is 36.4 Å². The highest BCUT2D eigenvalue weighted by Crippen LogP contribution is 2.37. The van der Waals surface area contributed by atoms with Crippen molar-refractivity contribution in [2.75, 3.05) is 23.8 Å². The van der Waals surface area contributed by atoms with E-state index in [-0.39, 0.29) is 39.8 Å². The summed E-state index contributed by atoms with van der Waals surface area (Å²) < 4.78 is 48.4. The SMILES string of the molecule is CC(C)COc1cc(F)cc(-c2nc(N3C[C@H](C)CC3(C)C)ccc2C(=O)NS(=O)(=O)c2cccc(N)n2)c1. The number of aromatic nitrogens is 2. The molecule has 2 aromatic heterocycles. The molecule has 4 rings (SSSR count). The third-order valence-corrected chi connectivity index (χ3v) is 7.68. The molecule has 39 heavy (non-hydrogen) atoms. The minimum Gasteiger partial charge on any atom is -0.493 e. The molecule has 0 aliphatic carbocycles. The monoisotopic (exact) mass is 555 g/mol. The van der Waals surface area contributed by atoms with E-state index in [1.54, 1.807) is 12.1 Å². The number of nitrogens with zero attached hydrogens (tertiary/aromatic N) is 3. The van der Waals surface area contributed by atoms with Gasteiger partial charge in [-0.1, -0.05) is 26.8 Å². The molecule has 1 aromatic carbocycles. The summed E-state index contributed by atoms with van der Waals surface area (Å²) in [6, 6.07) is 11.4. The zero-order valence-corrected chi connectivity index (χ0v) is 23.5. The third kappa shape index (κ3) is 6.47. The molecule has 0 unspecified atom stereocenters. The van der Waals surface area contributed by atoms with E-state index < -0.39 is 26.8 Å². The van der Waals surface area contributed by atoms with Gasteiger partial charge in [-0.05, 0) is 68.5 Å². The van der Waals surface area contributed by atoms with Gasteiger partial charge in [0.2, 0.25) is 0 Å². The number of sulfonamides is 1. The lowest BCUT2D eigenvalue weighted by molar-refractivity contribution is 0.0981. The van der Waals surface area contributed by atoms with Crippen LogP contribution in [-0.2, 0) is 10.0 Å². The molecular formula is C28H34FN5O4S. The van der Waals surface area contributed by atoms with Crippen LogP contribution in [0, 0.1) is 17.7 Å². The largest absolute Gasteiger partial charge is 0.493 e. The summed E-state index contributed by atoms with van der Waals surface area (Å²) >= 11 is 0. The number of carbonyl (C=O) groups is 1. The Bertz CT molecular complexity index is 1490. The number of nitrogen functional groups attached to an aromatic ring is 1. The lowest BCUT2D eigenvalue weighted by atomic mass is 9.97. The predicted octanol–water partition coefficient (Wildman–Crippen LogP) is 4.64. The van der Waals surface area contributed by atoms with Gasteiger partial charge in [-0.3, -0.25) is 4.79 Å². The fourth-order valence-corrected chi connectivity index (χ4v) is 5.79. The van der Waals surface area contributed by atoms with Gasteiger partial charge < -0.3 is 15.4 Å². The summed E-state index contributed by atoms with van der Waals surface area (Å²) in [6.07, 6.45) is 0.949. The molecular weight excluding hydrogens is 521 g/mol. The third-order valence-electron chi connectivity index (χ3n) is 6.45. The highest BCUT2D eigenvalue weighted by Gasteiger charge is 2.37. The second-order valence-corrected chi connectivity index (χ2v) is 12.6. The van der Waals surface area contributed by atoms with Crippen LogP contribution < -0.4 is 20.1 Å². The molecule has 11 heteroatoms. The number of hydrogen-bond donors (Lipinski definition) is 2. The molecule has 1 aliphatic rings. The lowest BCUT2D eigenvalue weighted by Gasteiger charge is -2.33. The average Bonchev–Trinajstić information content (AvgIpc) is 3.13. The molecule has 1 saturated heterocycles. The molecule has 1 atom stereocenters. The number of anilines is 2. The van der Waals surface area contributed by atoms with Crippen molar-refractivity contribution in [2.45, 2.75) is 51.6 Å².